The van der Waals surface area contributed by atoms with Gasteiger partial charge in [0, 0.05) is 29.6 Å². The van der Waals surface area contributed by atoms with Crippen LogP contribution in [0.5, 0.6) is 0 Å². The summed E-state index contributed by atoms with van der Waals surface area (Å²) in [6, 6.07) is 1.86. The van der Waals surface area contributed by atoms with E-state index < -0.39 is 0 Å². The number of carbonyl (C=O) groups is 1. The maximum absolute atomic E-state index is 11.8. The van der Waals surface area contributed by atoms with Crippen LogP contribution in [-0.2, 0) is 4.79 Å². The van der Waals surface area contributed by atoms with Gasteiger partial charge in [0.1, 0.15) is 4.60 Å². The summed E-state index contributed by atoms with van der Waals surface area (Å²) in [6.45, 7) is 0.562. The number of hydrogen-bond acceptors (Lipinski definition) is 2. The molecule has 1 saturated heterocycles. The summed E-state index contributed by atoms with van der Waals surface area (Å²) in [6.07, 6.45) is 7.42. The molecule has 0 bridgehead atoms. The standard InChI is InChI=1S/C11H8Br2N2O/c1-2-7-3-10(16)15(6-7)9-4-8(12)5-14-11(9)13/h1,4-5,7H,3,6H2. The molecule has 16 heavy (non-hydrogen) atoms. The quantitative estimate of drug-likeness (QED) is 0.580. The van der Waals surface area contributed by atoms with Gasteiger partial charge in [-0.15, -0.1) is 12.3 Å². The van der Waals surface area contributed by atoms with Crippen molar-refractivity contribution >= 4 is 43.5 Å². The molecule has 0 spiro atoms. The van der Waals surface area contributed by atoms with E-state index in [9.17, 15) is 4.79 Å². The summed E-state index contributed by atoms with van der Waals surface area (Å²) in [4.78, 5) is 17.6. The van der Waals surface area contributed by atoms with E-state index in [0.717, 1.165) is 10.2 Å². The zero-order valence-corrected chi connectivity index (χ0v) is 11.5. The van der Waals surface area contributed by atoms with Gasteiger partial charge >= 0.3 is 0 Å². The lowest BCUT2D eigenvalue weighted by atomic mass is 10.1. The number of hydrogen-bond donors (Lipinski definition) is 0. The first-order chi connectivity index (χ1) is 7.61. The van der Waals surface area contributed by atoms with Gasteiger partial charge in [0.15, 0.2) is 0 Å². The maximum Gasteiger partial charge on any atom is 0.228 e. The molecule has 2 heterocycles. The third-order valence-corrected chi connectivity index (χ3v) is 3.48. The Bertz CT molecular complexity index is 481. The molecule has 0 radical (unpaired) electrons. The van der Waals surface area contributed by atoms with Crippen LogP contribution in [0.2, 0.25) is 0 Å². The van der Waals surface area contributed by atoms with Crippen LogP contribution in [0.25, 0.3) is 0 Å². The minimum atomic E-state index is -0.00150. The molecule has 5 heteroatoms. The number of halogens is 2. The van der Waals surface area contributed by atoms with Crippen LogP contribution in [0, 0.1) is 18.3 Å². The fourth-order valence-corrected chi connectivity index (χ4v) is 2.40. The summed E-state index contributed by atoms with van der Waals surface area (Å²) < 4.78 is 1.49. The molecule has 1 fully saturated rings. The Morgan fingerprint density at radius 3 is 2.94 bits per heavy atom. The highest BCUT2D eigenvalue weighted by Crippen LogP contribution is 2.31. The number of pyridine rings is 1. The second-order valence-electron chi connectivity index (χ2n) is 3.54. The lowest BCUT2D eigenvalue weighted by Gasteiger charge is -2.17. The predicted molar refractivity (Wildman–Crippen MR) is 68.9 cm³/mol. The molecular formula is C11H8Br2N2O. The molecule has 1 aliphatic heterocycles. The number of nitrogens with zero attached hydrogens (tertiary/aromatic N) is 2. The lowest BCUT2D eigenvalue weighted by Crippen LogP contribution is -2.25. The number of anilines is 1. The van der Waals surface area contributed by atoms with Crippen molar-refractivity contribution in [2.45, 2.75) is 6.42 Å². The van der Waals surface area contributed by atoms with Crippen molar-refractivity contribution in [1.82, 2.24) is 4.98 Å². The second kappa shape index (κ2) is 4.56. The van der Waals surface area contributed by atoms with E-state index in [4.69, 9.17) is 6.42 Å². The van der Waals surface area contributed by atoms with E-state index in [1.54, 1.807) is 11.1 Å². The minimum absolute atomic E-state index is 0.00150. The summed E-state index contributed by atoms with van der Waals surface area (Å²) in [5.74, 6) is 2.66. The zero-order chi connectivity index (χ0) is 11.7. The van der Waals surface area contributed by atoms with Crippen LogP contribution in [0.1, 0.15) is 6.42 Å². The van der Waals surface area contributed by atoms with E-state index in [-0.39, 0.29) is 11.8 Å². The van der Waals surface area contributed by atoms with Gasteiger partial charge < -0.3 is 4.90 Å². The number of carbonyl (C=O) groups excluding carboxylic acids is 1. The van der Waals surface area contributed by atoms with Crippen molar-refractivity contribution in [2.75, 3.05) is 11.4 Å². The minimum Gasteiger partial charge on any atom is -0.309 e. The van der Waals surface area contributed by atoms with Gasteiger partial charge in [-0.1, -0.05) is 0 Å². The van der Waals surface area contributed by atoms with Crippen LogP contribution in [0.4, 0.5) is 5.69 Å². The molecule has 1 amide bonds. The Morgan fingerprint density at radius 2 is 2.31 bits per heavy atom. The molecule has 0 saturated carbocycles. The molecule has 1 unspecified atom stereocenters. The first kappa shape index (κ1) is 11.6. The van der Waals surface area contributed by atoms with Crippen molar-refractivity contribution in [3.05, 3.63) is 21.3 Å². The van der Waals surface area contributed by atoms with Crippen molar-refractivity contribution in [3.63, 3.8) is 0 Å². The smallest absolute Gasteiger partial charge is 0.228 e. The Kier molecular flexibility index (Phi) is 3.31. The fraction of sp³-hybridized carbons (Fsp3) is 0.273. The molecular weight excluding hydrogens is 336 g/mol. The van der Waals surface area contributed by atoms with Crippen LogP contribution in [-0.4, -0.2) is 17.4 Å². The van der Waals surface area contributed by atoms with Crippen molar-refractivity contribution < 1.29 is 4.79 Å². The first-order valence-electron chi connectivity index (χ1n) is 4.69. The van der Waals surface area contributed by atoms with Gasteiger partial charge in [-0.25, -0.2) is 4.98 Å². The van der Waals surface area contributed by atoms with E-state index in [2.05, 4.69) is 42.8 Å². The van der Waals surface area contributed by atoms with Gasteiger partial charge in [-0.3, -0.25) is 4.79 Å². The third-order valence-electron chi connectivity index (χ3n) is 2.44. The van der Waals surface area contributed by atoms with E-state index in [1.807, 2.05) is 6.07 Å². The largest absolute Gasteiger partial charge is 0.309 e. The zero-order valence-electron chi connectivity index (χ0n) is 8.28. The third kappa shape index (κ3) is 2.13. The summed E-state index contributed by atoms with van der Waals surface area (Å²) in [7, 11) is 0. The molecule has 1 aromatic heterocycles. The predicted octanol–water partition coefficient (Wildman–Crippen LogP) is 2.59. The summed E-state index contributed by atoms with van der Waals surface area (Å²) in [5.41, 5.74) is 0.761. The highest BCUT2D eigenvalue weighted by molar-refractivity contribution is 9.11. The molecule has 1 atom stereocenters. The van der Waals surface area contributed by atoms with E-state index in [1.165, 1.54) is 0 Å². The van der Waals surface area contributed by atoms with Crippen molar-refractivity contribution in [1.29, 1.82) is 0 Å². The normalized spacial score (nSPS) is 19.9. The molecule has 2 rings (SSSR count). The van der Waals surface area contributed by atoms with Crippen LogP contribution in [0.3, 0.4) is 0 Å². The lowest BCUT2D eigenvalue weighted by molar-refractivity contribution is -0.117. The number of terminal acetylenes is 1. The van der Waals surface area contributed by atoms with Crippen LogP contribution in [0.15, 0.2) is 21.3 Å². The van der Waals surface area contributed by atoms with Gasteiger partial charge in [0.05, 0.1) is 5.69 Å². The number of rotatable bonds is 1. The Morgan fingerprint density at radius 1 is 1.56 bits per heavy atom. The van der Waals surface area contributed by atoms with E-state index >= 15 is 0 Å². The van der Waals surface area contributed by atoms with Gasteiger partial charge in [0.2, 0.25) is 5.91 Å². The average molecular weight is 344 g/mol. The molecule has 3 nitrogen and oxygen atoms in total. The van der Waals surface area contributed by atoms with Crippen LogP contribution >= 0.6 is 31.9 Å². The van der Waals surface area contributed by atoms with E-state index in [0.29, 0.717) is 17.6 Å². The Labute approximate surface area is 110 Å². The Hall–Kier alpha value is -0.860. The van der Waals surface area contributed by atoms with Gasteiger partial charge in [-0.05, 0) is 37.9 Å². The summed E-state index contributed by atoms with van der Waals surface area (Å²) in [5, 5.41) is 0. The highest BCUT2D eigenvalue weighted by atomic mass is 79.9. The van der Waals surface area contributed by atoms with Crippen LogP contribution < -0.4 is 4.90 Å². The SMILES string of the molecule is C#CC1CC(=O)N(c2cc(Br)cnc2Br)C1. The summed E-state index contributed by atoms with van der Waals surface area (Å²) >= 11 is 6.67. The topological polar surface area (TPSA) is 33.2 Å². The average Bonchev–Trinajstić information content (AvgIpc) is 2.63. The molecule has 0 aliphatic carbocycles. The molecule has 1 aromatic rings. The molecule has 0 aromatic carbocycles. The fourth-order valence-electron chi connectivity index (χ4n) is 1.65. The second-order valence-corrected chi connectivity index (χ2v) is 5.20. The molecule has 82 valence electrons. The molecule has 1 aliphatic rings. The maximum atomic E-state index is 11.8. The number of aromatic nitrogens is 1. The number of amides is 1. The monoisotopic (exact) mass is 342 g/mol. The highest BCUT2D eigenvalue weighted by Gasteiger charge is 2.30. The molecule has 0 N–H and O–H groups in total. The Balaban J connectivity index is 2.35. The first-order valence-corrected chi connectivity index (χ1v) is 6.28. The van der Waals surface area contributed by atoms with Crippen molar-refractivity contribution in [2.24, 2.45) is 5.92 Å². The van der Waals surface area contributed by atoms with Gasteiger partial charge in [0.25, 0.3) is 0 Å². The van der Waals surface area contributed by atoms with Crippen molar-refractivity contribution in [3.8, 4) is 12.3 Å². The van der Waals surface area contributed by atoms with Gasteiger partial charge in [-0.2, -0.15) is 0 Å².